The zero-order valence-electron chi connectivity index (χ0n) is 10.9. The van der Waals surface area contributed by atoms with Gasteiger partial charge in [0.1, 0.15) is 0 Å². The number of hydrogen-bond acceptors (Lipinski definition) is 3. The molecule has 1 rings (SSSR count). The van der Waals surface area contributed by atoms with Gasteiger partial charge in [-0.05, 0) is 25.0 Å². The number of amides is 1. The molecule has 0 saturated heterocycles. The van der Waals surface area contributed by atoms with Gasteiger partial charge in [-0.25, -0.2) is 8.42 Å². The first-order valence-corrected chi connectivity index (χ1v) is 8.61. The molecule has 6 heteroatoms. The van der Waals surface area contributed by atoms with Gasteiger partial charge in [-0.2, -0.15) is 0 Å². The fourth-order valence-corrected chi connectivity index (χ4v) is 2.58. The molecule has 0 N–H and O–H groups in total. The molecule has 0 aliphatic carbocycles. The predicted octanol–water partition coefficient (Wildman–Crippen LogP) is 2.50. The van der Waals surface area contributed by atoms with Crippen molar-refractivity contribution in [3.05, 3.63) is 35.9 Å². The number of carbonyl (C=O) groups is 1. The van der Waals surface area contributed by atoms with Crippen LogP contribution >= 0.6 is 10.7 Å². The van der Waals surface area contributed by atoms with Crippen LogP contribution < -0.4 is 0 Å². The number of halogens is 1. The molecular formula is C13H18ClNO3S. The number of benzene rings is 1. The molecule has 0 aromatic heterocycles. The molecule has 0 bridgehead atoms. The third kappa shape index (κ3) is 6.59. The molecule has 0 unspecified atom stereocenters. The van der Waals surface area contributed by atoms with Crippen LogP contribution in [0.5, 0.6) is 0 Å². The Morgan fingerprint density at radius 3 is 2.37 bits per heavy atom. The normalized spacial score (nSPS) is 11.3. The van der Waals surface area contributed by atoms with Gasteiger partial charge in [0, 0.05) is 29.8 Å². The Hall–Kier alpha value is -1.07. The maximum absolute atomic E-state index is 12.0. The van der Waals surface area contributed by atoms with Crippen LogP contribution in [0.4, 0.5) is 0 Å². The van der Waals surface area contributed by atoms with Gasteiger partial charge in [0.15, 0.2) is 0 Å². The lowest BCUT2D eigenvalue weighted by molar-refractivity contribution is 0.0792. The first-order chi connectivity index (χ1) is 8.90. The Morgan fingerprint density at radius 1 is 1.16 bits per heavy atom. The number of carbonyl (C=O) groups excluding carboxylic acids is 1. The molecule has 1 amide bonds. The van der Waals surface area contributed by atoms with Crippen LogP contribution in [-0.2, 0) is 9.05 Å². The van der Waals surface area contributed by atoms with Gasteiger partial charge in [-0.1, -0.05) is 24.6 Å². The SMILES string of the molecule is CN(CCCCCS(=O)(=O)Cl)C(=O)c1ccccc1. The number of rotatable bonds is 7. The van der Waals surface area contributed by atoms with E-state index in [1.807, 2.05) is 18.2 Å². The van der Waals surface area contributed by atoms with Crippen molar-refractivity contribution < 1.29 is 13.2 Å². The van der Waals surface area contributed by atoms with E-state index in [1.165, 1.54) is 0 Å². The summed E-state index contributed by atoms with van der Waals surface area (Å²) in [6.45, 7) is 0.607. The zero-order valence-corrected chi connectivity index (χ0v) is 12.5. The van der Waals surface area contributed by atoms with Gasteiger partial charge in [0.25, 0.3) is 5.91 Å². The highest BCUT2D eigenvalue weighted by Gasteiger charge is 2.10. The lowest BCUT2D eigenvalue weighted by Gasteiger charge is -2.16. The minimum atomic E-state index is -3.39. The first kappa shape index (κ1) is 16.0. The largest absolute Gasteiger partial charge is 0.342 e. The third-order valence-electron chi connectivity index (χ3n) is 2.75. The van der Waals surface area contributed by atoms with Crippen molar-refractivity contribution in [2.75, 3.05) is 19.3 Å². The van der Waals surface area contributed by atoms with E-state index in [0.717, 1.165) is 12.8 Å². The topological polar surface area (TPSA) is 54.5 Å². The zero-order chi connectivity index (χ0) is 14.3. The maximum atomic E-state index is 12.0. The van der Waals surface area contributed by atoms with Gasteiger partial charge in [-0.3, -0.25) is 4.79 Å². The molecule has 0 aliphatic heterocycles. The molecule has 4 nitrogen and oxygen atoms in total. The Kier molecular flexibility index (Phi) is 6.31. The van der Waals surface area contributed by atoms with Crippen molar-refractivity contribution in [1.29, 1.82) is 0 Å². The third-order valence-corrected chi connectivity index (χ3v) is 3.99. The van der Waals surface area contributed by atoms with Crippen LogP contribution in [-0.4, -0.2) is 38.6 Å². The highest BCUT2D eigenvalue weighted by Crippen LogP contribution is 2.07. The smallest absolute Gasteiger partial charge is 0.253 e. The molecule has 0 atom stereocenters. The van der Waals surface area contributed by atoms with Gasteiger partial charge < -0.3 is 4.90 Å². The van der Waals surface area contributed by atoms with Crippen LogP contribution in [0, 0.1) is 0 Å². The van der Waals surface area contributed by atoms with E-state index in [-0.39, 0.29) is 11.7 Å². The maximum Gasteiger partial charge on any atom is 0.253 e. The summed E-state index contributed by atoms with van der Waals surface area (Å²) in [6.07, 6.45) is 2.03. The Morgan fingerprint density at radius 2 is 1.79 bits per heavy atom. The molecule has 1 aromatic rings. The second kappa shape index (κ2) is 7.50. The standard InChI is InChI=1S/C13H18ClNO3S/c1-15(10-6-3-7-11-19(14,17)18)13(16)12-8-4-2-5-9-12/h2,4-5,8-9H,3,6-7,10-11H2,1H3. The van der Waals surface area contributed by atoms with Crippen LogP contribution in [0.2, 0.25) is 0 Å². The summed E-state index contributed by atoms with van der Waals surface area (Å²) in [5, 5.41) is 0. The van der Waals surface area contributed by atoms with Gasteiger partial charge in [0.05, 0.1) is 5.75 Å². The molecule has 19 heavy (non-hydrogen) atoms. The van der Waals surface area contributed by atoms with E-state index in [0.29, 0.717) is 18.5 Å². The summed E-state index contributed by atoms with van der Waals surface area (Å²) in [5.41, 5.74) is 0.660. The highest BCUT2D eigenvalue weighted by atomic mass is 35.7. The Bertz CT molecular complexity index is 502. The minimum Gasteiger partial charge on any atom is -0.342 e. The van der Waals surface area contributed by atoms with Crippen molar-refractivity contribution in [2.45, 2.75) is 19.3 Å². The molecule has 0 saturated carbocycles. The molecule has 0 aliphatic rings. The predicted molar refractivity (Wildman–Crippen MR) is 76.9 cm³/mol. The van der Waals surface area contributed by atoms with Crippen molar-refractivity contribution in [3.63, 3.8) is 0 Å². The highest BCUT2D eigenvalue weighted by molar-refractivity contribution is 8.13. The van der Waals surface area contributed by atoms with Crippen molar-refractivity contribution >= 4 is 25.6 Å². The van der Waals surface area contributed by atoms with Gasteiger partial charge in [0.2, 0.25) is 9.05 Å². The van der Waals surface area contributed by atoms with Gasteiger partial charge >= 0.3 is 0 Å². The van der Waals surface area contributed by atoms with E-state index < -0.39 is 9.05 Å². The molecule has 0 radical (unpaired) electrons. The summed E-state index contributed by atoms with van der Waals surface area (Å²) >= 11 is 0. The molecule has 0 spiro atoms. The second-order valence-electron chi connectivity index (χ2n) is 4.40. The quantitative estimate of drug-likeness (QED) is 0.574. The van der Waals surface area contributed by atoms with E-state index in [9.17, 15) is 13.2 Å². The monoisotopic (exact) mass is 303 g/mol. The Balaban J connectivity index is 2.28. The van der Waals surface area contributed by atoms with E-state index in [1.54, 1.807) is 24.1 Å². The van der Waals surface area contributed by atoms with Crippen LogP contribution in [0.3, 0.4) is 0 Å². The van der Waals surface area contributed by atoms with E-state index >= 15 is 0 Å². The van der Waals surface area contributed by atoms with Crippen molar-refractivity contribution in [1.82, 2.24) is 4.90 Å². The summed E-state index contributed by atoms with van der Waals surface area (Å²) in [4.78, 5) is 13.6. The number of unbranched alkanes of at least 4 members (excludes halogenated alkanes) is 2. The van der Waals surface area contributed by atoms with Crippen LogP contribution in [0.25, 0.3) is 0 Å². The summed E-state index contributed by atoms with van der Waals surface area (Å²) in [5.74, 6) is -0.0317. The number of hydrogen-bond donors (Lipinski definition) is 0. The molecule has 0 fully saturated rings. The van der Waals surface area contributed by atoms with E-state index in [4.69, 9.17) is 10.7 Å². The van der Waals surface area contributed by atoms with Crippen molar-refractivity contribution in [3.8, 4) is 0 Å². The fourth-order valence-electron chi connectivity index (χ4n) is 1.70. The second-order valence-corrected chi connectivity index (χ2v) is 7.29. The Labute approximate surface area is 118 Å². The first-order valence-electron chi connectivity index (χ1n) is 6.13. The molecule has 106 valence electrons. The average molecular weight is 304 g/mol. The summed E-state index contributed by atoms with van der Waals surface area (Å²) in [7, 11) is 3.46. The van der Waals surface area contributed by atoms with E-state index in [2.05, 4.69) is 0 Å². The molecular weight excluding hydrogens is 286 g/mol. The lowest BCUT2D eigenvalue weighted by atomic mass is 10.2. The van der Waals surface area contributed by atoms with Crippen molar-refractivity contribution in [2.24, 2.45) is 0 Å². The lowest BCUT2D eigenvalue weighted by Crippen LogP contribution is -2.27. The van der Waals surface area contributed by atoms with Crippen LogP contribution in [0.15, 0.2) is 30.3 Å². The molecule has 1 aromatic carbocycles. The van der Waals surface area contributed by atoms with Gasteiger partial charge in [-0.15, -0.1) is 0 Å². The summed E-state index contributed by atoms with van der Waals surface area (Å²) < 4.78 is 21.4. The minimum absolute atomic E-state index is 0.00903. The number of nitrogens with zero attached hydrogens (tertiary/aromatic N) is 1. The van der Waals surface area contributed by atoms with Crippen LogP contribution in [0.1, 0.15) is 29.6 Å². The average Bonchev–Trinajstić information content (AvgIpc) is 2.37. The summed E-state index contributed by atoms with van der Waals surface area (Å²) in [6, 6.07) is 9.07. The molecule has 0 heterocycles. The fraction of sp³-hybridized carbons (Fsp3) is 0.462.